The summed E-state index contributed by atoms with van der Waals surface area (Å²) in [5.74, 6) is 0. The molecule has 2 fully saturated rings. The van der Waals surface area contributed by atoms with Crippen molar-refractivity contribution in [2.24, 2.45) is 0 Å². The predicted molar refractivity (Wildman–Crippen MR) is 64.6 cm³/mol. The van der Waals surface area contributed by atoms with E-state index in [1.807, 2.05) is 7.05 Å². The average molecular weight is 265 g/mol. The lowest BCUT2D eigenvalue weighted by molar-refractivity contribution is -0.189. The molecule has 0 saturated carbocycles. The number of alkyl halides is 3. The minimum absolute atomic E-state index is 0.0277. The molecule has 1 N–H and O–H groups in total. The molecule has 2 rings (SSSR count). The lowest BCUT2D eigenvalue weighted by Crippen LogP contribution is -2.60. The number of likely N-dealkylation sites (N-methyl/N-ethyl adjacent to an activating group) is 1. The maximum Gasteiger partial charge on any atom is 0.405 e. The Balaban J connectivity index is 1.96. The van der Waals surface area contributed by atoms with Crippen molar-refractivity contribution in [3.05, 3.63) is 0 Å². The second-order valence-corrected chi connectivity index (χ2v) is 5.39. The monoisotopic (exact) mass is 265 g/mol. The van der Waals surface area contributed by atoms with E-state index in [4.69, 9.17) is 0 Å². The average Bonchev–Trinajstić information content (AvgIpc) is 2.31. The van der Waals surface area contributed by atoms with Crippen LogP contribution in [-0.2, 0) is 0 Å². The lowest BCUT2D eigenvalue weighted by atomic mass is 10.0. The van der Waals surface area contributed by atoms with Crippen LogP contribution < -0.4 is 5.32 Å². The van der Waals surface area contributed by atoms with Gasteiger partial charge in [0.15, 0.2) is 0 Å². The van der Waals surface area contributed by atoms with Crippen LogP contribution in [0.25, 0.3) is 0 Å². The quantitative estimate of drug-likeness (QED) is 0.812. The van der Waals surface area contributed by atoms with Crippen LogP contribution in [0.3, 0.4) is 0 Å². The molecule has 0 spiro atoms. The predicted octanol–water partition coefficient (Wildman–Crippen LogP) is 1.31. The van der Waals surface area contributed by atoms with E-state index in [-0.39, 0.29) is 12.6 Å². The van der Waals surface area contributed by atoms with Crippen molar-refractivity contribution in [3.8, 4) is 0 Å². The van der Waals surface area contributed by atoms with E-state index in [0.29, 0.717) is 19.6 Å². The summed E-state index contributed by atoms with van der Waals surface area (Å²) >= 11 is 0. The molecule has 6 heteroatoms. The fourth-order valence-corrected chi connectivity index (χ4v) is 2.93. The molecule has 0 aromatic carbocycles. The highest BCUT2D eigenvalue weighted by Crippen LogP contribution is 2.27. The molecule has 2 atom stereocenters. The largest absolute Gasteiger partial charge is 0.405 e. The van der Waals surface area contributed by atoms with Gasteiger partial charge in [-0.3, -0.25) is 4.90 Å². The minimum Gasteiger partial charge on any atom is -0.314 e. The van der Waals surface area contributed by atoms with Gasteiger partial charge in [-0.15, -0.1) is 0 Å². The Hall–Kier alpha value is -0.330. The Kier molecular flexibility index (Phi) is 4.50. The second-order valence-electron chi connectivity index (χ2n) is 5.39. The molecule has 0 amide bonds. The van der Waals surface area contributed by atoms with Gasteiger partial charge in [-0.05, 0) is 26.4 Å². The van der Waals surface area contributed by atoms with Gasteiger partial charge in [-0.1, -0.05) is 6.42 Å². The zero-order chi connectivity index (χ0) is 13.2. The molecule has 2 aliphatic heterocycles. The molecule has 0 radical (unpaired) electrons. The van der Waals surface area contributed by atoms with Crippen molar-refractivity contribution in [3.63, 3.8) is 0 Å². The van der Waals surface area contributed by atoms with E-state index in [0.717, 1.165) is 25.8 Å². The van der Waals surface area contributed by atoms with E-state index in [2.05, 4.69) is 10.2 Å². The Morgan fingerprint density at radius 1 is 1.22 bits per heavy atom. The van der Waals surface area contributed by atoms with E-state index >= 15 is 0 Å². The number of likely N-dealkylation sites (tertiary alicyclic amines) is 1. The molecule has 0 bridgehead atoms. The van der Waals surface area contributed by atoms with Gasteiger partial charge in [0, 0.05) is 32.2 Å². The van der Waals surface area contributed by atoms with Gasteiger partial charge in [-0.25, -0.2) is 0 Å². The highest BCUT2D eigenvalue weighted by Gasteiger charge is 2.45. The maximum absolute atomic E-state index is 12.9. The van der Waals surface area contributed by atoms with Crippen LogP contribution in [0.2, 0.25) is 0 Å². The van der Waals surface area contributed by atoms with Crippen LogP contribution in [0.1, 0.15) is 19.3 Å². The number of hydrogen-bond acceptors (Lipinski definition) is 3. The van der Waals surface area contributed by atoms with Gasteiger partial charge in [0.2, 0.25) is 0 Å². The third kappa shape index (κ3) is 3.36. The molecule has 18 heavy (non-hydrogen) atoms. The minimum atomic E-state index is -4.12. The molecule has 3 nitrogen and oxygen atoms in total. The first-order chi connectivity index (χ1) is 8.48. The van der Waals surface area contributed by atoms with Crippen LogP contribution in [0.5, 0.6) is 0 Å². The summed E-state index contributed by atoms with van der Waals surface area (Å²) in [4.78, 5) is 3.82. The fraction of sp³-hybridized carbons (Fsp3) is 1.00. The topological polar surface area (TPSA) is 18.5 Å². The standard InChI is InChI=1S/C12H22F3N3/c1-17-6-3-2-4-10(17)9-18-7-5-16-8-11(18)12(13,14)15/h10-11,16H,2-9H2,1H3. The fourth-order valence-electron chi connectivity index (χ4n) is 2.93. The molecule has 0 aromatic heterocycles. The third-order valence-electron chi connectivity index (χ3n) is 4.10. The molecule has 2 heterocycles. The van der Waals surface area contributed by atoms with Gasteiger partial charge >= 0.3 is 6.18 Å². The summed E-state index contributed by atoms with van der Waals surface area (Å²) in [6, 6.07) is -1.04. The number of nitrogens with zero attached hydrogens (tertiary/aromatic N) is 2. The Bertz CT molecular complexity index is 270. The third-order valence-corrected chi connectivity index (χ3v) is 4.10. The van der Waals surface area contributed by atoms with Crippen molar-refractivity contribution >= 4 is 0 Å². The molecular formula is C12H22F3N3. The molecule has 0 aromatic rings. The van der Waals surface area contributed by atoms with Crippen molar-refractivity contribution < 1.29 is 13.2 Å². The van der Waals surface area contributed by atoms with Gasteiger partial charge in [0.25, 0.3) is 0 Å². The van der Waals surface area contributed by atoms with Gasteiger partial charge in [-0.2, -0.15) is 13.2 Å². The van der Waals surface area contributed by atoms with Crippen molar-refractivity contribution in [2.75, 3.05) is 39.8 Å². The molecule has 2 unspecified atom stereocenters. The Morgan fingerprint density at radius 3 is 2.67 bits per heavy atom. The van der Waals surface area contributed by atoms with Gasteiger partial charge in [0.1, 0.15) is 6.04 Å². The molecule has 2 aliphatic rings. The van der Waals surface area contributed by atoms with E-state index < -0.39 is 12.2 Å². The van der Waals surface area contributed by atoms with Crippen LogP contribution in [-0.4, -0.2) is 67.8 Å². The van der Waals surface area contributed by atoms with E-state index in [9.17, 15) is 13.2 Å². The van der Waals surface area contributed by atoms with Gasteiger partial charge in [0.05, 0.1) is 0 Å². The van der Waals surface area contributed by atoms with Crippen LogP contribution in [0.15, 0.2) is 0 Å². The first-order valence-corrected chi connectivity index (χ1v) is 6.70. The highest BCUT2D eigenvalue weighted by atomic mass is 19.4. The number of nitrogens with one attached hydrogen (secondary N) is 1. The number of rotatable bonds is 2. The van der Waals surface area contributed by atoms with Crippen molar-refractivity contribution in [1.29, 1.82) is 0 Å². The summed E-state index contributed by atoms with van der Waals surface area (Å²) in [5.41, 5.74) is 0. The van der Waals surface area contributed by atoms with Crippen molar-refractivity contribution in [2.45, 2.75) is 37.5 Å². The van der Waals surface area contributed by atoms with Crippen molar-refractivity contribution in [1.82, 2.24) is 15.1 Å². The number of hydrogen-bond donors (Lipinski definition) is 1. The van der Waals surface area contributed by atoms with Crippen LogP contribution >= 0.6 is 0 Å². The zero-order valence-corrected chi connectivity index (χ0v) is 10.8. The molecular weight excluding hydrogens is 243 g/mol. The highest BCUT2D eigenvalue weighted by molar-refractivity contribution is 4.88. The number of piperazine rings is 1. The number of piperidine rings is 1. The second kappa shape index (κ2) is 5.75. The maximum atomic E-state index is 12.9. The van der Waals surface area contributed by atoms with E-state index in [1.54, 1.807) is 4.90 Å². The smallest absolute Gasteiger partial charge is 0.314 e. The van der Waals surface area contributed by atoms with E-state index in [1.165, 1.54) is 0 Å². The summed E-state index contributed by atoms with van der Waals surface area (Å²) in [6.07, 6.45) is -0.805. The Labute approximate surface area is 106 Å². The van der Waals surface area contributed by atoms with Crippen LogP contribution in [0, 0.1) is 0 Å². The summed E-state index contributed by atoms with van der Waals surface area (Å²) < 4.78 is 38.8. The first-order valence-electron chi connectivity index (χ1n) is 6.70. The number of halogens is 3. The SMILES string of the molecule is CN1CCCCC1CN1CCNCC1C(F)(F)F. The summed E-state index contributed by atoms with van der Waals surface area (Å²) in [7, 11) is 2.02. The molecule has 106 valence electrons. The summed E-state index contributed by atoms with van der Waals surface area (Å²) in [6.45, 7) is 2.73. The lowest BCUT2D eigenvalue weighted by Gasteiger charge is -2.42. The summed E-state index contributed by atoms with van der Waals surface area (Å²) in [5, 5.41) is 2.84. The zero-order valence-electron chi connectivity index (χ0n) is 10.8. The Morgan fingerprint density at radius 2 is 2.00 bits per heavy atom. The van der Waals surface area contributed by atoms with Gasteiger partial charge < -0.3 is 10.2 Å². The first kappa shape index (κ1) is 14.1. The normalized spacial score (nSPS) is 32.7. The molecule has 0 aliphatic carbocycles. The van der Waals surface area contributed by atoms with Crippen LogP contribution in [0.4, 0.5) is 13.2 Å². The molecule has 2 saturated heterocycles.